The molecule has 0 aliphatic heterocycles. The molecule has 1 aromatic heterocycles. The fraction of sp³-hybridized carbons (Fsp3) is 0.214. The van der Waals surface area contributed by atoms with E-state index in [0.29, 0.717) is 0 Å². The highest BCUT2D eigenvalue weighted by Gasteiger charge is 2.05. The first-order valence-corrected chi connectivity index (χ1v) is 5.80. The third kappa shape index (κ3) is 2.97. The smallest absolute Gasteiger partial charge is 0.0617 e. The molecule has 0 radical (unpaired) electrons. The third-order valence-electron chi connectivity index (χ3n) is 2.70. The summed E-state index contributed by atoms with van der Waals surface area (Å²) in [5.74, 6) is 0. The summed E-state index contributed by atoms with van der Waals surface area (Å²) in [6, 6.07) is 14.1. The van der Waals surface area contributed by atoms with E-state index in [0.717, 1.165) is 24.5 Å². The van der Waals surface area contributed by atoms with Crippen molar-refractivity contribution in [3.8, 4) is 0 Å². The van der Waals surface area contributed by atoms with Crippen LogP contribution in [0, 0.1) is 0 Å². The zero-order chi connectivity index (χ0) is 12.1. The number of benzene rings is 1. The second-order valence-electron chi connectivity index (χ2n) is 3.93. The van der Waals surface area contributed by atoms with E-state index in [1.165, 1.54) is 5.69 Å². The maximum absolute atomic E-state index is 5.76. The van der Waals surface area contributed by atoms with Crippen LogP contribution < -0.4 is 10.6 Å². The van der Waals surface area contributed by atoms with Gasteiger partial charge >= 0.3 is 0 Å². The minimum Gasteiger partial charge on any atom is -0.399 e. The van der Waals surface area contributed by atoms with Gasteiger partial charge in [-0.05, 0) is 31.2 Å². The Kier molecular flexibility index (Phi) is 3.60. The number of pyridine rings is 1. The van der Waals surface area contributed by atoms with Crippen LogP contribution in [0.25, 0.3) is 0 Å². The first-order valence-electron chi connectivity index (χ1n) is 5.80. The lowest BCUT2D eigenvalue weighted by Gasteiger charge is -2.22. The Bertz CT molecular complexity index is 468. The molecule has 2 aromatic rings. The fourth-order valence-electron chi connectivity index (χ4n) is 1.80. The number of anilines is 2. The average Bonchev–Trinajstić information content (AvgIpc) is 2.37. The molecule has 17 heavy (non-hydrogen) atoms. The number of nitrogens with two attached hydrogens (primary N) is 1. The third-order valence-corrected chi connectivity index (χ3v) is 2.70. The van der Waals surface area contributed by atoms with Crippen molar-refractivity contribution < 1.29 is 0 Å². The van der Waals surface area contributed by atoms with Crippen molar-refractivity contribution in [2.24, 2.45) is 0 Å². The topological polar surface area (TPSA) is 42.1 Å². The van der Waals surface area contributed by atoms with Gasteiger partial charge in [0.15, 0.2) is 0 Å². The summed E-state index contributed by atoms with van der Waals surface area (Å²) in [6.07, 6.45) is 1.75. The molecule has 1 aromatic carbocycles. The van der Waals surface area contributed by atoms with Gasteiger partial charge in [0.1, 0.15) is 0 Å². The van der Waals surface area contributed by atoms with Crippen molar-refractivity contribution in [2.75, 3.05) is 17.2 Å². The molecule has 1 heterocycles. The van der Waals surface area contributed by atoms with E-state index in [9.17, 15) is 0 Å². The van der Waals surface area contributed by atoms with E-state index in [2.05, 4.69) is 28.9 Å². The van der Waals surface area contributed by atoms with E-state index in [1.807, 2.05) is 30.3 Å². The number of aromatic nitrogens is 1. The number of nitrogen functional groups attached to an aromatic ring is 1. The Labute approximate surface area is 102 Å². The van der Waals surface area contributed by atoms with Crippen molar-refractivity contribution in [2.45, 2.75) is 13.5 Å². The summed E-state index contributed by atoms with van der Waals surface area (Å²) < 4.78 is 0. The molecule has 2 N–H and O–H groups in total. The predicted octanol–water partition coefficient (Wildman–Crippen LogP) is 2.69. The van der Waals surface area contributed by atoms with Gasteiger partial charge in [-0.15, -0.1) is 0 Å². The van der Waals surface area contributed by atoms with Crippen LogP contribution in [0.3, 0.4) is 0 Å². The van der Waals surface area contributed by atoms with Gasteiger partial charge in [0, 0.05) is 24.1 Å². The van der Waals surface area contributed by atoms with Crippen molar-refractivity contribution >= 4 is 11.4 Å². The molecule has 2 rings (SSSR count). The van der Waals surface area contributed by atoms with Crippen molar-refractivity contribution in [3.63, 3.8) is 0 Å². The van der Waals surface area contributed by atoms with E-state index in [4.69, 9.17) is 5.73 Å². The molecule has 0 amide bonds. The van der Waals surface area contributed by atoms with E-state index >= 15 is 0 Å². The fourth-order valence-corrected chi connectivity index (χ4v) is 1.80. The summed E-state index contributed by atoms with van der Waals surface area (Å²) in [7, 11) is 0. The molecule has 0 atom stereocenters. The Hall–Kier alpha value is -2.03. The quantitative estimate of drug-likeness (QED) is 0.873. The van der Waals surface area contributed by atoms with Gasteiger partial charge in [-0.25, -0.2) is 0 Å². The van der Waals surface area contributed by atoms with Gasteiger partial charge < -0.3 is 10.6 Å². The normalized spacial score (nSPS) is 10.2. The minimum atomic E-state index is 0.763. The average molecular weight is 227 g/mol. The molecule has 3 nitrogen and oxygen atoms in total. The molecule has 0 spiro atoms. The zero-order valence-corrected chi connectivity index (χ0v) is 10.0. The minimum absolute atomic E-state index is 0.763. The maximum atomic E-state index is 5.76. The van der Waals surface area contributed by atoms with Crippen LogP contribution in [0.1, 0.15) is 12.6 Å². The van der Waals surface area contributed by atoms with E-state index in [-0.39, 0.29) is 0 Å². The van der Waals surface area contributed by atoms with Crippen LogP contribution >= 0.6 is 0 Å². The van der Waals surface area contributed by atoms with Crippen molar-refractivity contribution in [1.29, 1.82) is 0 Å². The molecule has 0 unspecified atom stereocenters. The molecule has 3 heteroatoms. The highest BCUT2D eigenvalue weighted by Crippen LogP contribution is 2.16. The van der Waals surface area contributed by atoms with E-state index < -0.39 is 0 Å². The number of hydrogen-bond donors (Lipinski definition) is 1. The molecule has 0 saturated carbocycles. The lowest BCUT2D eigenvalue weighted by atomic mass is 10.2. The lowest BCUT2D eigenvalue weighted by Crippen LogP contribution is -2.22. The summed E-state index contributed by atoms with van der Waals surface area (Å²) in [6.45, 7) is 3.87. The largest absolute Gasteiger partial charge is 0.399 e. The Morgan fingerprint density at radius 3 is 2.59 bits per heavy atom. The predicted molar refractivity (Wildman–Crippen MR) is 71.8 cm³/mol. The monoisotopic (exact) mass is 227 g/mol. The van der Waals surface area contributed by atoms with Crippen LogP contribution in [-0.4, -0.2) is 11.5 Å². The van der Waals surface area contributed by atoms with Gasteiger partial charge in [0.05, 0.1) is 12.2 Å². The first kappa shape index (κ1) is 11.5. The Morgan fingerprint density at radius 1 is 1.18 bits per heavy atom. The Morgan fingerprint density at radius 2 is 1.94 bits per heavy atom. The van der Waals surface area contributed by atoms with Gasteiger partial charge in [-0.1, -0.05) is 18.2 Å². The highest BCUT2D eigenvalue weighted by molar-refractivity contribution is 5.47. The molecule has 0 saturated heterocycles. The van der Waals surface area contributed by atoms with Crippen LogP contribution in [0.5, 0.6) is 0 Å². The summed E-state index contributed by atoms with van der Waals surface area (Å²) in [4.78, 5) is 6.60. The number of hydrogen-bond acceptors (Lipinski definition) is 3. The van der Waals surface area contributed by atoms with Crippen molar-refractivity contribution in [3.05, 3.63) is 54.4 Å². The van der Waals surface area contributed by atoms with Crippen LogP contribution in [0.4, 0.5) is 11.4 Å². The van der Waals surface area contributed by atoms with Gasteiger partial charge in [0.25, 0.3) is 0 Å². The van der Waals surface area contributed by atoms with Crippen LogP contribution in [0.15, 0.2) is 48.7 Å². The summed E-state index contributed by atoms with van der Waals surface area (Å²) in [5, 5.41) is 0. The van der Waals surface area contributed by atoms with Crippen LogP contribution in [0.2, 0.25) is 0 Å². The van der Waals surface area contributed by atoms with Gasteiger partial charge in [-0.3, -0.25) is 4.98 Å². The summed E-state index contributed by atoms with van der Waals surface area (Å²) >= 11 is 0. The standard InChI is InChI=1S/C14H17N3/c1-2-17(14-6-4-3-5-7-14)11-13-10-12(15)8-9-16-13/h3-10H,2,11H2,1H3,(H2,15,16). The number of para-hydroxylation sites is 1. The molecular weight excluding hydrogens is 210 g/mol. The van der Waals surface area contributed by atoms with E-state index in [1.54, 1.807) is 6.20 Å². The molecule has 88 valence electrons. The second-order valence-corrected chi connectivity index (χ2v) is 3.93. The lowest BCUT2D eigenvalue weighted by molar-refractivity contribution is 0.810. The number of nitrogens with zero attached hydrogens (tertiary/aromatic N) is 2. The molecule has 0 bridgehead atoms. The Balaban J connectivity index is 2.16. The van der Waals surface area contributed by atoms with Gasteiger partial charge in [-0.2, -0.15) is 0 Å². The zero-order valence-electron chi connectivity index (χ0n) is 10.0. The maximum Gasteiger partial charge on any atom is 0.0617 e. The van der Waals surface area contributed by atoms with Gasteiger partial charge in [0.2, 0.25) is 0 Å². The van der Waals surface area contributed by atoms with Crippen molar-refractivity contribution in [1.82, 2.24) is 4.98 Å². The molecule has 0 aliphatic carbocycles. The number of rotatable bonds is 4. The molecule has 0 aliphatic rings. The summed E-state index contributed by atoms with van der Waals surface area (Å²) in [5.41, 5.74) is 8.72. The molecular formula is C14H17N3. The highest BCUT2D eigenvalue weighted by atomic mass is 15.1. The second kappa shape index (κ2) is 5.34. The first-order chi connectivity index (χ1) is 8.29. The molecule has 0 fully saturated rings. The SMILES string of the molecule is CCN(Cc1cc(N)ccn1)c1ccccc1. The van der Waals surface area contributed by atoms with Crippen LogP contribution in [-0.2, 0) is 6.54 Å².